The summed E-state index contributed by atoms with van der Waals surface area (Å²) >= 11 is 0. The summed E-state index contributed by atoms with van der Waals surface area (Å²) in [4.78, 5) is 28.0. The van der Waals surface area contributed by atoms with Crippen molar-refractivity contribution >= 4 is 17.3 Å². The van der Waals surface area contributed by atoms with Gasteiger partial charge in [-0.2, -0.15) is 0 Å². The smallest absolute Gasteiger partial charge is 0.295 e. The Morgan fingerprint density at radius 1 is 1.00 bits per heavy atom. The standard InChI is InChI=1S/C24H21N5O3/c1-15-7-4-9-18(13-15)23-26-22(27-28(23)21-12-5-8-16(2)17(21)3)24(30)25-19-10-6-11-20(14-19)29(31)32/h4-14H,1-3H3,(H,25,30). The van der Waals surface area contributed by atoms with Crippen LogP contribution in [0.2, 0.25) is 0 Å². The molecule has 1 heterocycles. The molecule has 160 valence electrons. The molecule has 32 heavy (non-hydrogen) atoms. The van der Waals surface area contributed by atoms with Gasteiger partial charge >= 0.3 is 0 Å². The molecule has 0 atom stereocenters. The fraction of sp³-hybridized carbons (Fsp3) is 0.125. The number of hydrogen-bond acceptors (Lipinski definition) is 5. The van der Waals surface area contributed by atoms with Crippen LogP contribution in [0, 0.1) is 30.9 Å². The summed E-state index contributed by atoms with van der Waals surface area (Å²) in [6.07, 6.45) is 0. The van der Waals surface area contributed by atoms with Crippen LogP contribution < -0.4 is 5.32 Å². The predicted octanol–water partition coefficient (Wildman–Crippen LogP) is 5.02. The number of aryl methyl sites for hydroxylation is 2. The molecule has 1 N–H and O–H groups in total. The SMILES string of the molecule is Cc1cccc(-c2nc(C(=O)Nc3cccc([N+](=O)[O-])c3)nn2-c2cccc(C)c2C)c1. The zero-order valence-electron chi connectivity index (χ0n) is 17.9. The first-order chi connectivity index (χ1) is 15.3. The van der Waals surface area contributed by atoms with Gasteiger partial charge in [0.15, 0.2) is 5.82 Å². The van der Waals surface area contributed by atoms with E-state index in [1.807, 2.05) is 63.2 Å². The second-order valence-electron chi connectivity index (χ2n) is 7.52. The molecule has 0 spiro atoms. The lowest BCUT2D eigenvalue weighted by Gasteiger charge is -2.11. The fourth-order valence-corrected chi connectivity index (χ4v) is 3.40. The van der Waals surface area contributed by atoms with Crippen LogP contribution in [-0.2, 0) is 0 Å². The Labute approximate surface area is 184 Å². The van der Waals surface area contributed by atoms with Crippen LogP contribution >= 0.6 is 0 Å². The Kier molecular flexibility index (Phi) is 5.51. The molecule has 0 saturated carbocycles. The number of nitrogens with zero attached hydrogens (tertiary/aromatic N) is 4. The molecular formula is C24H21N5O3. The van der Waals surface area contributed by atoms with Gasteiger partial charge in [-0.15, -0.1) is 5.10 Å². The van der Waals surface area contributed by atoms with Crippen molar-refractivity contribution in [1.29, 1.82) is 0 Å². The number of rotatable bonds is 5. The van der Waals surface area contributed by atoms with Gasteiger partial charge < -0.3 is 5.32 Å². The fourth-order valence-electron chi connectivity index (χ4n) is 3.40. The predicted molar refractivity (Wildman–Crippen MR) is 122 cm³/mol. The Bertz CT molecular complexity index is 1340. The highest BCUT2D eigenvalue weighted by Gasteiger charge is 2.21. The average molecular weight is 427 g/mol. The van der Waals surface area contributed by atoms with Gasteiger partial charge in [0, 0.05) is 23.4 Å². The van der Waals surface area contributed by atoms with Gasteiger partial charge in [0.25, 0.3) is 11.6 Å². The summed E-state index contributed by atoms with van der Waals surface area (Å²) in [5.74, 6) is -0.0519. The maximum absolute atomic E-state index is 12.9. The van der Waals surface area contributed by atoms with Crippen LogP contribution in [0.15, 0.2) is 66.7 Å². The molecule has 4 aromatic rings. The van der Waals surface area contributed by atoms with Gasteiger partial charge in [-0.1, -0.05) is 42.0 Å². The highest BCUT2D eigenvalue weighted by molar-refractivity contribution is 6.02. The number of nitro benzene ring substituents is 1. The summed E-state index contributed by atoms with van der Waals surface area (Å²) in [5, 5.41) is 18.2. The molecule has 4 rings (SSSR count). The molecule has 0 radical (unpaired) electrons. The van der Waals surface area contributed by atoms with E-state index in [0.717, 1.165) is 27.9 Å². The molecule has 1 amide bonds. The molecule has 1 aromatic heterocycles. The van der Waals surface area contributed by atoms with E-state index in [-0.39, 0.29) is 11.5 Å². The number of anilines is 1. The highest BCUT2D eigenvalue weighted by Crippen LogP contribution is 2.26. The second-order valence-corrected chi connectivity index (χ2v) is 7.52. The van der Waals surface area contributed by atoms with E-state index >= 15 is 0 Å². The van der Waals surface area contributed by atoms with Gasteiger partial charge in [0.2, 0.25) is 5.82 Å². The van der Waals surface area contributed by atoms with E-state index in [4.69, 9.17) is 0 Å². The Morgan fingerprint density at radius 3 is 2.50 bits per heavy atom. The van der Waals surface area contributed by atoms with Gasteiger partial charge in [-0.25, -0.2) is 9.67 Å². The molecule has 0 bridgehead atoms. The van der Waals surface area contributed by atoms with E-state index < -0.39 is 10.8 Å². The van der Waals surface area contributed by atoms with Gasteiger partial charge in [0.1, 0.15) is 0 Å². The lowest BCUT2D eigenvalue weighted by atomic mass is 10.1. The summed E-state index contributed by atoms with van der Waals surface area (Å²) < 4.78 is 1.67. The zero-order valence-corrected chi connectivity index (χ0v) is 17.9. The van der Waals surface area contributed by atoms with Crippen LogP contribution in [0.1, 0.15) is 27.3 Å². The molecule has 8 heteroatoms. The summed E-state index contributed by atoms with van der Waals surface area (Å²) in [7, 11) is 0. The van der Waals surface area contributed by atoms with Crippen molar-refractivity contribution < 1.29 is 9.72 Å². The van der Waals surface area contributed by atoms with E-state index in [1.54, 1.807) is 10.7 Å². The third-order valence-electron chi connectivity index (χ3n) is 5.21. The van der Waals surface area contributed by atoms with Crippen molar-refractivity contribution in [3.63, 3.8) is 0 Å². The molecule has 0 aliphatic heterocycles. The molecule has 0 aliphatic carbocycles. The first-order valence-electron chi connectivity index (χ1n) is 10.00. The summed E-state index contributed by atoms with van der Waals surface area (Å²) in [6.45, 7) is 5.99. The zero-order chi connectivity index (χ0) is 22.8. The number of nitrogens with one attached hydrogen (secondary N) is 1. The van der Waals surface area contributed by atoms with Gasteiger partial charge in [-0.05, 0) is 50.1 Å². The van der Waals surface area contributed by atoms with Crippen molar-refractivity contribution in [3.8, 4) is 17.1 Å². The van der Waals surface area contributed by atoms with Gasteiger partial charge in [-0.3, -0.25) is 14.9 Å². The lowest BCUT2D eigenvalue weighted by molar-refractivity contribution is -0.384. The summed E-state index contributed by atoms with van der Waals surface area (Å²) in [5.41, 5.74) is 5.01. The Morgan fingerprint density at radius 2 is 1.75 bits per heavy atom. The third kappa shape index (κ3) is 4.11. The number of hydrogen-bond donors (Lipinski definition) is 1. The minimum absolute atomic E-state index is 0.0334. The number of carbonyl (C=O) groups excluding carboxylic acids is 1. The Balaban J connectivity index is 1.78. The lowest BCUT2D eigenvalue weighted by Crippen LogP contribution is -2.14. The molecule has 0 unspecified atom stereocenters. The molecule has 8 nitrogen and oxygen atoms in total. The van der Waals surface area contributed by atoms with Crippen LogP contribution in [0.5, 0.6) is 0 Å². The maximum atomic E-state index is 12.9. The van der Waals surface area contributed by atoms with Crippen molar-refractivity contribution in [1.82, 2.24) is 14.8 Å². The number of non-ortho nitro benzene ring substituents is 1. The Hall–Kier alpha value is -4.33. The molecule has 0 aliphatic rings. The van der Waals surface area contributed by atoms with Crippen LogP contribution in [0.25, 0.3) is 17.1 Å². The number of nitro groups is 1. The molecular weight excluding hydrogens is 406 g/mol. The highest BCUT2D eigenvalue weighted by atomic mass is 16.6. The van der Waals surface area contributed by atoms with Crippen LogP contribution in [-0.4, -0.2) is 25.6 Å². The monoisotopic (exact) mass is 427 g/mol. The molecule has 0 fully saturated rings. The number of aromatic nitrogens is 3. The third-order valence-corrected chi connectivity index (χ3v) is 5.21. The van der Waals surface area contributed by atoms with Crippen LogP contribution in [0.4, 0.5) is 11.4 Å². The first kappa shape index (κ1) is 20.9. The molecule has 3 aromatic carbocycles. The summed E-state index contributed by atoms with van der Waals surface area (Å²) in [6, 6.07) is 19.4. The van der Waals surface area contributed by atoms with E-state index in [9.17, 15) is 14.9 Å². The number of amides is 1. The topological polar surface area (TPSA) is 103 Å². The van der Waals surface area contributed by atoms with E-state index in [0.29, 0.717) is 11.5 Å². The average Bonchev–Trinajstić information content (AvgIpc) is 3.21. The first-order valence-corrected chi connectivity index (χ1v) is 10.00. The van der Waals surface area contributed by atoms with E-state index in [2.05, 4.69) is 15.4 Å². The minimum Gasteiger partial charge on any atom is -0.319 e. The van der Waals surface area contributed by atoms with Crippen molar-refractivity contribution in [2.24, 2.45) is 0 Å². The largest absolute Gasteiger partial charge is 0.319 e. The number of benzene rings is 3. The number of carbonyl (C=O) groups is 1. The second kappa shape index (κ2) is 8.43. The van der Waals surface area contributed by atoms with Crippen LogP contribution in [0.3, 0.4) is 0 Å². The quantitative estimate of drug-likeness (QED) is 0.356. The van der Waals surface area contributed by atoms with Crippen molar-refractivity contribution in [2.75, 3.05) is 5.32 Å². The van der Waals surface area contributed by atoms with E-state index in [1.165, 1.54) is 18.2 Å². The van der Waals surface area contributed by atoms with Crippen molar-refractivity contribution in [3.05, 3.63) is 99.4 Å². The van der Waals surface area contributed by atoms with Gasteiger partial charge in [0.05, 0.1) is 10.6 Å². The normalized spacial score (nSPS) is 10.7. The maximum Gasteiger partial charge on any atom is 0.295 e. The molecule has 0 saturated heterocycles. The van der Waals surface area contributed by atoms with Crippen molar-refractivity contribution in [2.45, 2.75) is 20.8 Å². The minimum atomic E-state index is -0.552.